The van der Waals surface area contributed by atoms with E-state index in [4.69, 9.17) is 9.73 Å². The van der Waals surface area contributed by atoms with E-state index in [1.807, 2.05) is 23.1 Å². The topological polar surface area (TPSA) is 54.7 Å². The highest BCUT2D eigenvalue weighted by atomic mass is 127. The molecule has 1 atom stereocenters. The lowest BCUT2D eigenvalue weighted by Gasteiger charge is -2.30. The number of rotatable bonds is 5. The Bertz CT molecular complexity index is 404. The molecule has 21 heavy (non-hydrogen) atoms. The Morgan fingerprint density at radius 3 is 2.81 bits per heavy atom. The Morgan fingerprint density at radius 1 is 1.43 bits per heavy atom. The van der Waals surface area contributed by atoms with Crippen molar-refractivity contribution in [1.29, 1.82) is 0 Å². The molecule has 6 nitrogen and oxygen atoms in total. The molecule has 0 aliphatic carbocycles. The van der Waals surface area contributed by atoms with Crippen molar-refractivity contribution in [2.75, 3.05) is 39.4 Å². The van der Waals surface area contributed by atoms with Crippen molar-refractivity contribution < 1.29 is 4.74 Å². The highest BCUT2D eigenvalue weighted by Crippen LogP contribution is 2.03. The number of aliphatic imine (C=N–C) groups is 1. The fourth-order valence-corrected chi connectivity index (χ4v) is 2.23. The number of guanidine groups is 1. The average molecular weight is 407 g/mol. The van der Waals surface area contributed by atoms with Crippen LogP contribution in [0.5, 0.6) is 0 Å². The summed E-state index contributed by atoms with van der Waals surface area (Å²) in [7, 11) is 0. The molecule has 1 aromatic heterocycles. The highest BCUT2D eigenvalue weighted by molar-refractivity contribution is 14.0. The first-order valence-electron chi connectivity index (χ1n) is 7.38. The first-order chi connectivity index (χ1) is 9.79. The smallest absolute Gasteiger partial charge is 0.194 e. The third kappa shape index (κ3) is 6.21. The molecule has 2 rings (SSSR count). The molecule has 0 bridgehead atoms. The molecule has 0 spiro atoms. The van der Waals surface area contributed by atoms with E-state index in [1.54, 1.807) is 0 Å². The van der Waals surface area contributed by atoms with Crippen molar-refractivity contribution in [2.45, 2.75) is 20.4 Å². The standard InChI is InChI=1S/C14H25N5O.HI/c1-3-15-14(18-7-9-20-10-8-18)16-11-13(2)12-19-6-4-5-17-19;/h4-6,13H,3,7-12H2,1-2H3,(H,15,16);1H. The summed E-state index contributed by atoms with van der Waals surface area (Å²) in [4.78, 5) is 7.02. The molecular weight excluding hydrogens is 381 g/mol. The quantitative estimate of drug-likeness (QED) is 0.456. The zero-order chi connectivity index (χ0) is 14.2. The van der Waals surface area contributed by atoms with Crippen molar-refractivity contribution in [3.8, 4) is 0 Å². The molecular formula is C14H26IN5O. The van der Waals surface area contributed by atoms with E-state index in [1.165, 1.54) is 0 Å². The van der Waals surface area contributed by atoms with E-state index >= 15 is 0 Å². The minimum absolute atomic E-state index is 0. The lowest BCUT2D eigenvalue weighted by Crippen LogP contribution is -2.47. The number of aromatic nitrogens is 2. The molecule has 1 fully saturated rings. The van der Waals surface area contributed by atoms with Crippen LogP contribution >= 0.6 is 24.0 Å². The van der Waals surface area contributed by atoms with E-state index in [9.17, 15) is 0 Å². The van der Waals surface area contributed by atoms with E-state index in [-0.39, 0.29) is 24.0 Å². The summed E-state index contributed by atoms with van der Waals surface area (Å²) in [5.74, 6) is 1.47. The molecule has 0 radical (unpaired) electrons. The second kappa shape index (κ2) is 9.99. The maximum absolute atomic E-state index is 5.39. The summed E-state index contributed by atoms with van der Waals surface area (Å²) >= 11 is 0. The number of halogens is 1. The summed E-state index contributed by atoms with van der Waals surface area (Å²) in [5.41, 5.74) is 0. The molecule has 1 saturated heterocycles. The predicted octanol–water partition coefficient (Wildman–Crippen LogP) is 1.43. The number of nitrogens with zero attached hydrogens (tertiary/aromatic N) is 4. The van der Waals surface area contributed by atoms with Crippen molar-refractivity contribution in [3.63, 3.8) is 0 Å². The highest BCUT2D eigenvalue weighted by Gasteiger charge is 2.14. The fraction of sp³-hybridized carbons (Fsp3) is 0.714. The Balaban J connectivity index is 0.00000220. The number of morpholine rings is 1. The van der Waals surface area contributed by atoms with Crippen LogP contribution in [0.1, 0.15) is 13.8 Å². The van der Waals surface area contributed by atoms with Gasteiger partial charge in [-0.2, -0.15) is 5.10 Å². The van der Waals surface area contributed by atoms with Gasteiger partial charge in [-0.05, 0) is 18.9 Å². The van der Waals surface area contributed by atoms with Crippen LogP contribution in [0.3, 0.4) is 0 Å². The van der Waals surface area contributed by atoms with Crippen LogP contribution < -0.4 is 5.32 Å². The molecule has 2 heterocycles. The molecule has 120 valence electrons. The van der Waals surface area contributed by atoms with Gasteiger partial charge in [-0.15, -0.1) is 24.0 Å². The maximum atomic E-state index is 5.39. The molecule has 0 amide bonds. The zero-order valence-electron chi connectivity index (χ0n) is 12.9. The van der Waals surface area contributed by atoms with E-state index in [2.05, 4.69) is 29.2 Å². The molecule has 0 aromatic carbocycles. The van der Waals surface area contributed by atoms with Crippen molar-refractivity contribution >= 4 is 29.9 Å². The summed E-state index contributed by atoms with van der Waals surface area (Å²) in [5, 5.41) is 7.60. The van der Waals surface area contributed by atoms with Crippen LogP contribution in [0.2, 0.25) is 0 Å². The zero-order valence-corrected chi connectivity index (χ0v) is 15.2. The lowest BCUT2D eigenvalue weighted by molar-refractivity contribution is 0.0664. The van der Waals surface area contributed by atoms with Gasteiger partial charge >= 0.3 is 0 Å². The van der Waals surface area contributed by atoms with Crippen LogP contribution in [0.15, 0.2) is 23.5 Å². The fourth-order valence-electron chi connectivity index (χ4n) is 2.23. The second-order valence-corrected chi connectivity index (χ2v) is 5.13. The minimum Gasteiger partial charge on any atom is -0.378 e. The van der Waals surface area contributed by atoms with Crippen LogP contribution in [0, 0.1) is 5.92 Å². The van der Waals surface area contributed by atoms with Crippen LogP contribution in [0.25, 0.3) is 0 Å². The SMILES string of the molecule is CCNC(=NCC(C)Cn1cccn1)N1CCOCC1.I. The van der Waals surface area contributed by atoms with Crippen molar-refractivity contribution in [1.82, 2.24) is 20.0 Å². The van der Waals surface area contributed by atoms with Gasteiger partial charge in [-0.3, -0.25) is 9.67 Å². The predicted molar refractivity (Wildman–Crippen MR) is 95.2 cm³/mol. The maximum Gasteiger partial charge on any atom is 0.194 e. The van der Waals surface area contributed by atoms with Gasteiger partial charge in [0.1, 0.15) is 0 Å². The Hall–Kier alpha value is -0.830. The van der Waals surface area contributed by atoms with Crippen molar-refractivity contribution in [2.24, 2.45) is 10.9 Å². The normalized spacial score (nSPS) is 17.2. The first kappa shape index (κ1) is 18.2. The largest absolute Gasteiger partial charge is 0.378 e. The van der Waals surface area contributed by atoms with Gasteiger partial charge in [0.2, 0.25) is 0 Å². The summed E-state index contributed by atoms with van der Waals surface area (Å²) in [6.07, 6.45) is 3.81. The third-order valence-electron chi connectivity index (χ3n) is 3.26. The van der Waals surface area contributed by atoms with Gasteiger partial charge < -0.3 is 15.0 Å². The number of nitrogens with one attached hydrogen (secondary N) is 1. The molecule has 7 heteroatoms. The molecule has 1 aliphatic heterocycles. The molecule has 1 unspecified atom stereocenters. The first-order valence-corrected chi connectivity index (χ1v) is 7.38. The molecule has 0 saturated carbocycles. The van der Waals surface area contributed by atoms with Gasteiger partial charge in [0, 0.05) is 45.1 Å². The number of ether oxygens (including phenoxy) is 1. The Morgan fingerprint density at radius 2 is 2.19 bits per heavy atom. The monoisotopic (exact) mass is 407 g/mol. The summed E-state index contributed by atoms with van der Waals surface area (Å²) in [6.45, 7) is 10.3. The van der Waals surface area contributed by atoms with Gasteiger partial charge in [0.05, 0.1) is 13.2 Å². The Kier molecular flexibility index (Phi) is 8.67. The Labute approximate surface area is 144 Å². The van der Waals surface area contributed by atoms with E-state index < -0.39 is 0 Å². The number of hydrogen-bond donors (Lipinski definition) is 1. The minimum atomic E-state index is 0. The van der Waals surface area contributed by atoms with Gasteiger partial charge in [0.25, 0.3) is 0 Å². The third-order valence-corrected chi connectivity index (χ3v) is 3.26. The average Bonchev–Trinajstić information content (AvgIpc) is 2.97. The van der Waals surface area contributed by atoms with E-state index in [0.717, 1.165) is 51.9 Å². The summed E-state index contributed by atoms with van der Waals surface area (Å²) in [6, 6.07) is 1.95. The molecule has 1 aromatic rings. The van der Waals surface area contributed by atoms with Crippen LogP contribution in [0.4, 0.5) is 0 Å². The van der Waals surface area contributed by atoms with E-state index in [0.29, 0.717) is 5.92 Å². The molecule has 1 aliphatic rings. The van der Waals surface area contributed by atoms with Crippen LogP contribution in [-0.2, 0) is 11.3 Å². The summed E-state index contributed by atoms with van der Waals surface area (Å²) < 4.78 is 7.35. The van der Waals surface area contributed by atoms with Crippen molar-refractivity contribution in [3.05, 3.63) is 18.5 Å². The number of hydrogen-bond acceptors (Lipinski definition) is 3. The second-order valence-electron chi connectivity index (χ2n) is 5.13. The van der Waals surface area contributed by atoms with Crippen LogP contribution in [-0.4, -0.2) is 60.0 Å². The van der Waals surface area contributed by atoms with Gasteiger partial charge in [0.15, 0.2) is 5.96 Å². The van der Waals surface area contributed by atoms with Gasteiger partial charge in [-0.1, -0.05) is 6.92 Å². The lowest BCUT2D eigenvalue weighted by atomic mass is 10.2. The van der Waals surface area contributed by atoms with Gasteiger partial charge in [-0.25, -0.2) is 0 Å². The molecule has 1 N–H and O–H groups in total.